The average molecular weight is 347 g/mol. The molecule has 0 saturated carbocycles. The van der Waals surface area contributed by atoms with Crippen LogP contribution >= 0.6 is 0 Å². The van der Waals surface area contributed by atoms with Crippen molar-refractivity contribution in [3.8, 4) is 0 Å². The van der Waals surface area contributed by atoms with Crippen molar-refractivity contribution in [2.75, 3.05) is 13.6 Å². The highest BCUT2D eigenvalue weighted by Crippen LogP contribution is 2.25. The molecule has 0 heterocycles. The first kappa shape index (κ1) is 18.5. The summed E-state index contributed by atoms with van der Waals surface area (Å²) in [6, 6.07) is 10.1. The monoisotopic (exact) mass is 347 g/mol. The Morgan fingerprint density at radius 3 is 2.52 bits per heavy atom. The van der Waals surface area contributed by atoms with Gasteiger partial charge in [-0.05, 0) is 30.3 Å². The molecule has 3 N–H and O–H groups in total. The van der Waals surface area contributed by atoms with Crippen LogP contribution in [0.25, 0.3) is 0 Å². The molecule has 2 rings (SSSR count). The summed E-state index contributed by atoms with van der Waals surface area (Å²) >= 11 is 0. The fourth-order valence-corrected chi connectivity index (χ4v) is 2.64. The van der Waals surface area contributed by atoms with Crippen LogP contribution in [0.1, 0.15) is 23.3 Å². The van der Waals surface area contributed by atoms with E-state index >= 15 is 0 Å². The lowest BCUT2D eigenvalue weighted by Gasteiger charge is -2.28. The number of likely N-dealkylation sites (N-methyl/N-ethyl adjacent to an activating group) is 1. The van der Waals surface area contributed by atoms with E-state index in [9.17, 15) is 24.4 Å². The average Bonchev–Trinajstić information content (AvgIpc) is 2.54. The topological polar surface area (TPSA) is 110 Å². The Labute approximate surface area is 143 Å². The molecule has 7 nitrogen and oxygen atoms in total. The predicted octanol–water partition coefficient (Wildman–Crippen LogP) is 1.93. The second-order valence-electron chi connectivity index (χ2n) is 5.67. The summed E-state index contributed by atoms with van der Waals surface area (Å²) in [5.41, 5.74) is 5.98. The molecule has 2 aromatic carbocycles. The van der Waals surface area contributed by atoms with E-state index in [1.54, 1.807) is 19.2 Å². The van der Waals surface area contributed by atoms with Crippen molar-refractivity contribution in [1.29, 1.82) is 0 Å². The van der Waals surface area contributed by atoms with Gasteiger partial charge < -0.3 is 10.8 Å². The summed E-state index contributed by atoms with van der Waals surface area (Å²) < 4.78 is 13.4. The van der Waals surface area contributed by atoms with Gasteiger partial charge in [-0.2, -0.15) is 0 Å². The summed E-state index contributed by atoms with van der Waals surface area (Å²) in [6.07, 6.45) is -1.08. The summed E-state index contributed by atoms with van der Waals surface area (Å²) in [4.78, 5) is 23.5. The molecule has 0 aromatic heterocycles. The van der Waals surface area contributed by atoms with Gasteiger partial charge in [-0.25, -0.2) is 4.39 Å². The third kappa shape index (κ3) is 4.59. The molecule has 0 spiro atoms. The van der Waals surface area contributed by atoms with Crippen LogP contribution < -0.4 is 5.73 Å². The molecule has 1 amide bonds. The van der Waals surface area contributed by atoms with Crippen LogP contribution in [0.2, 0.25) is 0 Å². The number of rotatable bonds is 7. The van der Waals surface area contributed by atoms with Gasteiger partial charge in [0.2, 0.25) is 5.91 Å². The Hall–Kier alpha value is -2.84. The van der Waals surface area contributed by atoms with Crippen LogP contribution in [0.3, 0.4) is 0 Å². The molecular weight excluding hydrogens is 329 g/mol. The Kier molecular flexibility index (Phi) is 5.79. The van der Waals surface area contributed by atoms with E-state index in [-0.39, 0.29) is 12.2 Å². The first-order valence-electron chi connectivity index (χ1n) is 7.47. The standard InChI is InChI=1S/C17H18FN3O4/c1-20(16(17(19)23)12-5-2-6-13(18)8-12)10-15(22)11-4-3-7-14(9-11)21(24)25/h2-9,15-16,22H,10H2,1H3,(H2,19,23). The number of amides is 1. The van der Waals surface area contributed by atoms with Crippen LogP contribution in [0.4, 0.5) is 10.1 Å². The number of nitrogens with zero attached hydrogens (tertiary/aromatic N) is 2. The number of nitro groups is 1. The number of carbonyl (C=O) groups is 1. The largest absolute Gasteiger partial charge is 0.387 e. The molecule has 25 heavy (non-hydrogen) atoms. The Balaban J connectivity index is 2.20. The van der Waals surface area contributed by atoms with Crippen LogP contribution in [0.5, 0.6) is 0 Å². The third-order valence-electron chi connectivity index (χ3n) is 3.80. The van der Waals surface area contributed by atoms with Crippen molar-refractivity contribution in [2.45, 2.75) is 12.1 Å². The molecule has 2 atom stereocenters. The van der Waals surface area contributed by atoms with Crippen molar-refractivity contribution in [3.63, 3.8) is 0 Å². The molecule has 8 heteroatoms. The minimum Gasteiger partial charge on any atom is -0.387 e. The second-order valence-corrected chi connectivity index (χ2v) is 5.67. The number of aliphatic hydroxyl groups excluding tert-OH is 1. The highest BCUT2D eigenvalue weighted by atomic mass is 19.1. The molecule has 0 radical (unpaired) electrons. The van der Waals surface area contributed by atoms with Gasteiger partial charge in [-0.3, -0.25) is 19.8 Å². The van der Waals surface area contributed by atoms with Crippen LogP contribution in [0, 0.1) is 15.9 Å². The predicted molar refractivity (Wildman–Crippen MR) is 89.0 cm³/mol. The first-order chi connectivity index (χ1) is 11.8. The van der Waals surface area contributed by atoms with Crippen LogP contribution in [0.15, 0.2) is 48.5 Å². The Bertz CT molecular complexity index is 784. The quantitative estimate of drug-likeness (QED) is 0.587. The molecular formula is C17H18FN3O4. The molecule has 132 valence electrons. The number of carbonyl (C=O) groups excluding carboxylic acids is 1. The molecule has 0 aliphatic carbocycles. The van der Waals surface area contributed by atoms with E-state index in [1.165, 1.54) is 41.3 Å². The highest BCUT2D eigenvalue weighted by molar-refractivity contribution is 5.81. The maximum absolute atomic E-state index is 13.4. The van der Waals surface area contributed by atoms with E-state index in [1.807, 2.05) is 0 Å². The molecule has 0 saturated heterocycles. The normalized spacial score (nSPS) is 13.4. The first-order valence-corrected chi connectivity index (χ1v) is 7.47. The molecule has 0 bridgehead atoms. The number of non-ortho nitro benzene ring substituents is 1. The van der Waals surface area contributed by atoms with Gasteiger partial charge in [0.1, 0.15) is 11.9 Å². The zero-order valence-corrected chi connectivity index (χ0v) is 13.5. The van der Waals surface area contributed by atoms with Crippen molar-refractivity contribution < 1.29 is 19.2 Å². The lowest BCUT2D eigenvalue weighted by molar-refractivity contribution is -0.385. The van der Waals surface area contributed by atoms with Crippen LogP contribution in [-0.2, 0) is 4.79 Å². The van der Waals surface area contributed by atoms with E-state index in [0.717, 1.165) is 0 Å². The van der Waals surface area contributed by atoms with Gasteiger partial charge in [0, 0.05) is 18.7 Å². The lowest BCUT2D eigenvalue weighted by atomic mass is 10.0. The SMILES string of the molecule is CN(CC(O)c1cccc([N+](=O)[O-])c1)C(C(N)=O)c1cccc(F)c1. The molecule has 2 unspecified atom stereocenters. The third-order valence-corrected chi connectivity index (χ3v) is 3.80. The van der Waals surface area contributed by atoms with E-state index < -0.39 is 28.8 Å². The fourth-order valence-electron chi connectivity index (χ4n) is 2.64. The second kappa shape index (κ2) is 7.82. The van der Waals surface area contributed by atoms with E-state index in [0.29, 0.717) is 11.1 Å². The number of nitrogens with two attached hydrogens (primary N) is 1. The van der Waals surface area contributed by atoms with Crippen molar-refractivity contribution in [3.05, 3.63) is 75.6 Å². The maximum Gasteiger partial charge on any atom is 0.269 e. The van der Waals surface area contributed by atoms with Crippen LogP contribution in [-0.4, -0.2) is 34.4 Å². The van der Waals surface area contributed by atoms with Gasteiger partial charge in [0.05, 0.1) is 11.0 Å². The van der Waals surface area contributed by atoms with Crippen molar-refractivity contribution in [1.82, 2.24) is 4.90 Å². The minimum absolute atomic E-state index is 0.0225. The Morgan fingerprint density at radius 1 is 1.28 bits per heavy atom. The number of aliphatic hydroxyl groups is 1. The fraction of sp³-hybridized carbons (Fsp3) is 0.235. The van der Waals surface area contributed by atoms with Crippen molar-refractivity contribution in [2.24, 2.45) is 5.73 Å². The maximum atomic E-state index is 13.4. The molecule has 0 aliphatic heterocycles. The minimum atomic E-state index is -1.08. The van der Waals surface area contributed by atoms with Gasteiger partial charge in [0.25, 0.3) is 5.69 Å². The van der Waals surface area contributed by atoms with E-state index in [4.69, 9.17) is 5.73 Å². The molecule has 2 aromatic rings. The molecule has 0 aliphatic rings. The molecule has 0 fully saturated rings. The summed E-state index contributed by atoms with van der Waals surface area (Å²) in [5, 5.41) is 21.2. The number of nitro benzene ring substituents is 1. The summed E-state index contributed by atoms with van der Waals surface area (Å²) in [5.74, 6) is -1.20. The van der Waals surface area contributed by atoms with Gasteiger partial charge in [-0.1, -0.05) is 24.3 Å². The number of hydrogen-bond donors (Lipinski definition) is 2. The van der Waals surface area contributed by atoms with Gasteiger partial charge >= 0.3 is 0 Å². The lowest BCUT2D eigenvalue weighted by Crippen LogP contribution is -2.37. The number of hydrogen-bond acceptors (Lipinski definition) is 5. The zero-order valence-electron chi connectivity index (χ0n) is 13.5. The highest BCUT2D eigenvalue weighted by Gasteiger charge is 2.25. The summed E-state index contributed by atoms with van der Waals surface area (Å²) in [7, 11) is 1.56. The van der Waals surface area contributed by atoms with E-state index in [2.05, 4.69) is 0 Å². The Morgan fingerprint density at radius 2 is 1.92 bits per heavy atom. The number of halogens is 1. The van der Waals surface area contributed by atoms with Crippen molar-refractivity contribution >= 4 is 11.6 Å². The zero-order chi connectivity index (χ0) is 18.6. The van der Waals surface area contributed by atoms with Gasteiger partial charge in [-0.15, -0.1) is 0 Å². The number of benzene rings is 2. The smallest absolute Gasteiger partial charge is 0.269 e. The van der Waals surface area contributed by atoms with Gasteiger partial charge in [0.15, 0.2) is 0 Å². The number of primary amides is 1. The summed E-state index contributed by atoms with van der Waals surface area (Å²) in [6.45, 7) is -0.0225.